The summed E-state index contributed by atoms with van der Waals surface area (Å²) in [4.78, 5) is 27.8. The molecule has 0 saturated carbocycles. The van der Waals surface area contributed by atoms with E-state index in [-0.39, 0.29) is 11.8 Å². The number of hydrogen-bond donors (Lipinski definition) is 1. The van der Waals surface area contributed by atoms with Crippen LogP contribution in [0.2, 0.25) is 5.02 Å². The first-order valence-electron chi connectivity index (χ1n) is 10.3. The second kappa shape index (κ2) is 7.94. The van der Waals surface area contributed by atoms with E-state index in [2.05, 4.69) is 15.0 Å². The largest absolute Gasteiger partial charge is 0.391 e. The molecule has 0 radical (unpaired) electrons. The van der Waals surface area contributed by atoms with Crippen LogP contribution in [-0.4, -0.2) is 59.0 Å². The third-order valence-corrected chi connectivity index (χ3v) is 6.30. The maximum atomic E-state index is 12.8. The van der Waals surface area contributed by atoms with Crippen LogP contribution in [-0.2, 0) is 24.7 Å². The van der Waals surface area contributed by atoms with Gasteiger partial charge in [-0.05, 0) is 24.6 Å². The number of fused-ring (bicyclic) bond motifs is 2. The number of aromatic nitrogens is 5. The van der Waals surface area contributed by atoms with Crippen molar-refractivity contribution in [1.29, 1.82) is 0 Å². The third kappa shape index (κ3) is 3.88. The lowest BCUT2D eigenvalue weighted by Gasteiger charge is -2.16. The molecule has 8 nitrogen and oxygen atoms in total. The highest BCUT2D eigenvalue weighted by Crippen LogP contribution is 2.23. The van der Waals surface area contributed by atoms with Gasteiger partial charge in [-0.3, -0.25) is 9.78 Å². The number of likely N-dealkylation sites (tertiary alicyclic amines) is 1. The Morgan fingerprint density at radius 2 is 2.16 bits per heavy atom. The number of imidazole rings is 2. The van der Waals surface area contributed by atoms with Crippen LogP contribution in [0.5, 0.6) is 0 Å². The lowest BCUT2D eigenvalue weighted by atomic mass is 10.0. The van der Waals surface area contributed by atoms with Crippen LogP contribution in [0.4, 0.5) is 0 Å². The fourth-order valence-corrected chi connectivity index (χ4v) is 4.49. The highest BCUT2D eigenvalue weighted by atomic mass is 35.5. The Morgan fingerprint density at radius 1 is 1.29 bits per heavy atom. The first kappa shape index (κ1) is 20.0. The maximum Gasteiger partial charge on any atom is 0.223 e. The molecule has 0 unspecified atom stereocenters. The van der Waals surface area contributed by atoms with Gasteiger partial charge in [0, 0.05) is 62.5 Å². The van der Waals surface area contributed by atoms with E-state index in [9.17, 15) is 9.90 Å². The van der Waals surface area contributed by atoms with Gasteiger partial charge in [0.1, 0.15) is 5.82 Å². The van der Waals surface area contributed by atoms with Crippen LogP contribution in [0.25, 0.3) is 16.7 Å². The number of hydrogen-bond acceptors (Lipinski definition) is 5. The lowest BCUT2D eigenvalue weighted by Crippen LogP contribution is -2.30. The number of halogens is 1. The van der Waals surface area contributed by atoms with Crippen LogP contribution in [0.3, 0.4) is 0 Å². The molecule has 1 aliphatic rings. The van der Waals surface area contributed by atoms with Crippen molar-refractivity contribution in [3.8, 4) is 0 Å². The summed E-state index contributed by atoms with van der Waals surface area (Å²) in [7, 11) is 1.95. The lowest BCUT2D eigenvalue weighted by molar-refractivity contribution is -0.130. The molecular weight excluding hydrogens is 416 g/mol. The first-order valence-corrected chi connectivity index (χ1v) is 10.7. The number of aliphatic hydroxyl groups excluding tert-OH is 1. The topological polar surface area (TPSA) is 88.6 Å². The molecule has 4 aromatic rings. The van der Waals surface area contributed by atoms with E-state index in [1.54, 1.807) is 17.3 Å². The van der Waals surface area contributed by atoms with Crippen molar-refractivity contribution in [2.75, 3.05) is 13.1 Å². The van der Waals surface area contributed by atoms with E-state index in [0.29, 0.717) is 37.4 Å². The van der Waals surface area contributed by atoms with E-state index >= 15 is 0 Å². The molecule has 1 aromatic carbocycles. The van der Waals surface area contributed by atoms with Gasteiger partial charge >= 0.3 is 0 Å². The summed E-state index contributed by atoms with van der Waals surface area (Å²) in [5.41, 5.74) is 3.49. The number of aryl methyl sites for hydroxylation is 2. The molecule has 3 aromatic heterocycles. The van der Waals surface area contributed by atoms with Gasteiger partial charge in [0.15, 0.2) is 5.65 Å². The van der Waals surface area contributed by atoms with E-state index in [1.165, 1.54) is 0 Å². The molecule has 1 aliphatic heterocycles. The molecule has 0 bridgehead atoms. The number of benzene rings is 1. The zero-order chi connectivity index (χ0) is 21.5. The molecule has 1 N–H and O–H groups in total. The predicted molar refractivity (Wildman–Crippen MR) is 117 cm³/mol. The predicted octanol–water partition coefficient (Wildman–Crippen LogP) is 2.26. The Morgan fingerprint density at radius 3 is 3.03 bits per heavy atom. The van der Waals surface area contributed by atoms with Crippen LogP contribution in [0, 0.1) is 5.92 Å². The van der Waals surface area contributed by atoms with Gasteiger partial charge in [-0.2, -0.15) is 0 Å². The molecule has 1 fully saturated rings. The molecule has 2 atom stereocenters. The molecule has 1 amide bonds. The van der Waals surface area contributed by atoms with Gasteiger partial charge in [-0.15, -0.1) is 0 Å². The Kier molecular flexibility index (Phi) is 5.11. The Labute approximate surface area is 184 Å². The number of amides is 1. The number of carbonyl (C=O) groups excluding carboxylic acids is 1. The number of aliphatic hydroxyl groups is 1. The van der Waals surface area contributed by atoms with Gasteiger partial charge in [0.2, 0.25) is 5.91 Å². The number of β-amino-alcohol motifs (C(OH)–C–C–N with tert-alkyl or cyclic N) is 1. The number of rotatable bonds is 5. The van der Waals surface area contributed by atoms with E-state index in [0.717, 1.165) is 28.2 Å². The zero-order valence-corrected chi connectivity index (χ0v) is 17.9. The third-order valence-electron chi connectivity index (χ3n) is 6.06. The van der Waals surface area contributed by atoms with Gasteiger partial charge in [0.05, 0.1) is 29.0 Å². The van der Waals surface area contributed by atoms with Crippen LogP contribution in [0.15, 0.2) is 43.0 Å². The fraction of sp³-hybridized carbons (Fsp3) is 0.364. The van der Waals surface area contributed by atoms with E-state index in [1.807, 2.05) is 46.6 Å². The molecule has 4 heterocycles. The van der Waals surface area contributed by atoms with Gasteiger partial charge < -0.3 is 19.0 Å². The summed E-state index contributed by atoms with van der Waals surface area (Å²) in [6.45, 7) is 0.886. The summed E-state index contributed by atoms with van der Waals surface area (Å²) in [6, 6.07) is 5.61. The van der Waals surface area contributed by atoms with Crippen molar-refractivity contribution in [2.24, 2.45) is 13.0 Å². The molecule has 1 saturated heterocycles. The average molecular weight is 439 g/mol. The van der Waals surface area contributed by atoms with Crippen LogP contribution < -0.4 is 0 Å². The van der Waals surface area contributed by atoms with Crippen molar-refractivity contribution in [2.45, 2.75) is 25.4 Å². The monoisotopic (exact) mass is 438 g/mol. The number of nitrogens with zero attached hydrogens (tertiary/aromatic N) is 6. The molecule has 160 valence electrons. The highest BCUT2D eigenvalue weighted by Gasteiger charge is 2.34. The number of carbonyl (C=O) groups is 1. The van der Waals surface area contributed by atoms with Crippen LogP contribution in [0.1, 0.15) is 17.9 Å². The van der Waals surface area contributed by atoms with Crippen molar-refractivity contribution >= 4 is 34.2 Å². The van der Waals surface area contributed by atoms with Gasteiger partial charge in [-0.1, -0.05) is 11.6 Å². The average Bonchev–Trinajstić information content (AvgIpc) is 3.44. The summed E-state index contributed by atoms with van der Waals surface area (Å²) in [5, 5.41) is 11.2. The summed E-state index contributed by atoms with van der Waals surface area (Å²) in [5.74, 6) is 0.847. The smallest absolute Gasteiger partial charge is 0.223 e. The van der Waals surface area contributed by atoms with Crippen molar-refractivity contribution in [3.05, 3.63) is 59.5 Å². The molecule has 0 spiro atoms. The minimum Gasteiger partial charge on any atom is -0.391 e. The van der Waals surface area contributed by atoms with Crippen molar-refractivity contribution < 1.29 is 9.90 Å². The highest BCUT2D eigenvalue weighted by molar-refractivity contribution is 6.31. The van der Waals surface area contributed by atoms with Crippen LogP contribution >= 0.6 is 11.6 Å². The quantitative estimate of drug-likeness (QED) is 0.516. The molecule has 5 rings (SSSR count). The summed E-state index contributed by atoms with van der Waals surface area (Å²) < 4.78 is 3.91. The molecule has 9 heteroatoms. The van der Waals surface area contributed by atoms with Gasteiger partial charge in [0.25, 0.3) is 0 Å². The Hall–Kier alpha value is -2.97. The minimum atomic E-state index is -0.554. The molecule has 31 heavy (non-hydrogen) atoms. The minimum absolute atomic E-state index is 0.0321. The second-order valence-corrected chi connectivity index (χ2v) is 8.56. The van der Waals surface area contributed by atoms with Crippen molar-refractivity contribution in [3.63, 3.8) is 0 Å². The van der Waals surface area contributed by atoms with E-state index < -0.39 is 6.10 Å². The summed E-state index contributed by atoms with van der Waals surface area (Å²) in [6.07, 6.45) is 8.20. The molecular formula is C22H23ClN6O2. The zero-order valence-electron chi connectivity index (χ0n) is 17.1. The Balaban J connectivity index is 1.22. The standard InChI is InChI=1S/C22H23ClN6O2/c1-27-18-3-2-15(23)9-17(18)26-20(27)4-5-22(31)29-11-14(19(30)13-29)8-16-12-28-7-6-24-21(28)10-25-16/h2-3,6-7,9-10,12,14,19,30H,4-5,8,11,13H2,1H3/t14-,19+/m0/s1. The molecule has 0 aliphatic carbocycles. The summed E-state index contributed by atoms with van der Waals surface area (Å²) >= 11 is 6.06. The van der Waals surface area contributed by atoms with Gasteiger partial charge in [-0.25, -0.2) is 9.97 Å². The SMILES string of the molecule is Cn1c(CCC(=O)N2C[C@H](Cc3cn4ccnc4cn3)[C@H](O)C2)nc2cc(Cl)ccc21. The first-order chi connectivity index (χ1) is 15.0. The maximum absolute atomic E-state index is 12.8. The second-order valence-electron chi connectivity index (χ2n) is 8.12. The normalized spacial score (nSPS) is 19.0. The van der Waals surface area contributed by atoms with E-state index in [4.69, 9.17) is 11.6 Å². The van der Waals surface area contributed by atoms with Crippen molar-refractivity contribution in [1.82, 2.24) is 28.8 Å². The Bertz CT molecular complexity index is 1270. The fourth-order valence-electron chi connectivity index (χ4n) is 4.32.